The Hall–Kier alpha value is -3.95. The van der Waals surface area contributed by atoms with Gasteiger partial charge in [-0.3, -0.25) is 14.9 Å². The molecule has 0 aliphatic rings. The summed E-state index contributed by atoms with van der Waals surface area (Å²) >= 11 is 0. The summed E-state index contributed by atoms with van der Waals surface area (Å²) in [5.74, 6) is 1.38. The molecule has 0 radical (unpaired) electrons. The van der Waals surface area contributed by atoms with Gasteiger partial charge in [-0.05, 0) is 30.3 Å². The fraction of sp³-hybridized carbons (Fsp3) is 0.211. The van der Waals surface area contributed by atoms with Gasteiger partial charge in [-0.25, -0.2) is 0 Å². The molecule has 10 heteroatoms. The summed E-state index contributed by atoms with van der Waals surface area (Å²) in [5.41, 5.74) is 0.824. The third-order valence-electron chi connectivity index (χ3n) is 4.05. The summed E-state index contributed by atoms with van der Waals surface area (Å²) in [7, 11) is 2.99. The molecule has 3 aromatic rings. The van der Waals surface area contributed by atoms with Gasteiger partial charge in [-0.1, -0.05) is 5.16 Å². The van der Waals surface area contributed by atoms with Gasteiger partial charge in [0.2, 0.25) is 17.6 Å². The molecule has 1 amide bonds. The molecular formula is C19H18N4O6. The summed E-state index contributed by atoms with van der Waals surface area (Å²) in [6, 6.07) is 11.1. The highest BCUT2D eigenvalue weighted by molar-refractivity contribution is 5.92. The van der Waals surface area contributed by atoms with Gasteiger partial charge in [-0.2, -0.15) is 4.98 Å². The van der Waals surface area contributed by atoms with E-state index < -0.39 is 4.92 Å². The fourth-order valence-electron chi connectivity index (χ4n) is 2.55. The number of nitrogens with zero attached hydrogens (tertiary/aromatic N) is 3. The number of carbonyl (C=O) groups is 1. The van der Waals surface area contributed by atoms with Crippen molar-refractivity contribution in [2.45, 2.75) is 12.8 Å². The molecule has 0 saturated heterocycles. The topological polar surface area (TPSA) is 130 Å². The van der Waals surface area contributed by atoms with Gasteiger partial charge in [0.15, 0.2) is 0 Å². The number of nitrogens with one attached hydrogen (secondary N) is 1. The minimum atomic E-state index is -0.547. The van der Waals surface area contributed by atoms with E-state index in [1.54, 1.807) is 31.4 Å². The number of amides is 1. The number of benzene rings is 2. The van der Waals surface area contributed by atoms with Crippen LogP contribution in [-0.2, 0) is 11.2 Å². The van der Waals surface area contributed by atoms with Crippen molar-refractivity contribution < 1.29 is 23.7 Å². The maximum Gasteiger partial charge on any atom is 0.271 e. The number of hydrogen-bond donors (Lipinski definition) is 1. The van der Waals surface area contributed by atoms with E-state index in [9.17, 15) is 14.9 Å². The maximum atomic E-state index is 12.2. The van der Waals surface area contributed by atoms with Crippen LogP contribution in [0.2, 0.25) is 0 Å². The first kappa shape index (κ1) is 19.8. The van der Waals surface area contributed by atoms with E-state index in [-0.39, 0.29) is 30.1 Å². The second-order valence-corrected chi connectivity index (χ2v) is 5.93. The lowest BCUT2D eigenvalue weighted by Gasteiger charge is -2.09. The summed E-state index contributed by atoms with van der Waals surface area (Å²) in [6.07, 6.45) is 0.266. The molecule has 10 nitrogen and oxygen atoms in total. The van der Waals surface area contributed by atoms with Crippen LogP contribution < -0.4 is 14.8 Å². The van der Waals surface area contributed by atoms with E-state index in [2.05, 4.69) is 15.5 Å². The number of methoxy groups -OCH3 is 2. The second kappa shape index (κ2) is 8.83. The minimum Gasteiger partial charge on any atom is -0.497 e. The van der Waals surface area contributed by atoms with Crippen LogP contribution in [0.3, 0.4) is 0 Å². The fourth-order valence-corrected chi connectivity index (χ4v) is 2.55. The highest BCUT2D eigenvalue weighted by Crippen LogP contribution is 2.29. The van der Waals surface area contributed by atoms with E-state index in [1.165, 1.54) is 25.3 Å². The molecule has 0 unspecified atom stereocenters. The van der Waals surface area contributed by atoms with E-state index in [1.807, 2.05) is 0 Å². The summed E-state index contributed by atoms with van der Waals surface area (Å²) < 4.78 is 15.4. The van der Waals surface area contributed by atoms with Gasteiger partial charge in [0.25, 0.3) is 5.69 Å². The molecular weight excluding hydrogens is 380 g/mol. The van der Waals surface area contributed by atoms with Crippen LogP contribution in [0.15, 0.2) is 47.0 Å². The molecule has 0 spiro atoms. The van der Waals surface area contributed by atoms with Crippen molar-refractivity contribution in [3.8, 4) is 22.9 Å². The highest BCUT2D eigenvalue weighted by Gasteiger charge is 2.15. The predicted octanol–water partition coefficient (Wildman–Crippen LogP) is 3.23. The number of anilines is 1. The maximum absolute atomic E-state index is 12.2. The lowest BCUT2D eigenvalue weighted by Crippen LogP contribution is -2.13. The number of rotatable bonds is 8. The van der Waals surface area contributed by atoms with Gasteiger partial charge in [-0.15, -0.1) is 0 Å². The van der Waals surface area contributed by atoms with Crippen molar-refractivity contribution >= 4 is 17.3 Å². The Morgan fingerprint density at radius 3 is 2.59 bits per heavy atom. The molecule has 0 aliphatic heterocycles. The Balaban J connectivity index is 1.62. The zero-order chi connectivity index (χ0) is 20.8. The SMILES string of the molecule is COc1ccc(-c2noc(CCC(=O)Nc3cc([N+](=O)[O-])ccc3OC)n2)cc1. The van der Waals surface area contributed by atoms with Crippen molar-refractivity contribution in [1.82, 2.24) is 10.1 Å². The van der Waals surface area contributed by atoms with Crippen molar-refractivity contribution in [1.29, 1.82) is 0 Å². The largest absolute Gasteiger partial charge is 0.497 e. The summed E-state index contributed by atoms with van der Waals surface area (Å²) in [5, 5.41) is 17.4. The van der Waals surface area contributed by atoms with Crippen molar-refractivity contribution in [3.05, 3.63) is 58.5 Å². The first-order valence-electron chi connectivity index (χ1n) is 8.59. The number of carbonyl (C=O) groups excluding carboxylic acids is 1. The molecule has 3 rings (SSSR count). The molecule has 150 valence electrons. The smallest absolute Gasteiger partial charge is 0.271 e. The van der Waals surface area contributed by atoms with Crippen molar-refractivity contribution in [3.63, 3.8) is 0 Å². The van der Waals surface area contributed by atoms with Gasteiger partial charge < -0.3 is 19.3 Å². The number of hydrogen-bond acceptors (Lipinski definition) is 8. The minimum absolute atomic E-state index is 0.0517. The van der Waals surface area contributed by atoms with Gasteiger partial charge in [0, 0.05) is 30.5 Å². The van der Waals surface area contributed by atoms with Crippen LogP contribution in [0.25, 0.3) is 11.4 Å². The Morgan fingerprint density at radius 2 is 1.93 bits per heavy atom. The lowest BCUT2D eigenvalue weighted by atomic mass is 10.2. The second-order valence-electron chi connectivity index (χ2n) is 5.93. The first-order valence-corrected chi connectivity index (χ1v) is 8.59. The predicted molar refractivity (Wildman–Crippen MR) is 103 cm³/mol. The van der Waals surface area contributed by atoms with Crippen molar-refractivity contribution in [2.24, 2.45) is 0 Å². The monoisotopic (exact) mass is 398 g/mol. The van der Waals surface area contributed by atoms with Crippen LogP contribution >= 0.6 is 0 Å². The quantitative estimate of drug-likeness (QED) is 0.452. The number of non-ortho nitro benzene ring substituents is 1. The molecule has 1 heterocycles. The summed E-state index contributed by atoms with van der Waals surface area (Å²) in [4.78, 5) is 26.9. The first-order chi connectivity index (χ1) is 14.0. The Labute approximate surface area is 165 Å². The number of nitro groups is 1. The molecule has 29 heavy (non-hydrogen) atoms. The highest BCUT2D eigenvalue weighted by atomic mass is 16.6. The van der Waals surface area contributed by atoms with Crippen LogP contribution in [0.5, 0.6) is 11.5 Å². The number of aromatic nitrogens is 2. The van der Waals surface area contributed by atoms with E-state index in [4.69, 9.17) is 14.0 Å². The lowest BCUT2D eigenvalue weighted by molar-refractivity contribution is -0.384. The molecule has 0 atom stereocenters. The molecule has 0 bridgehead atoms. The molecule has 2 aromatic carbocycles. The van der Waals surface area contributed by atoms with Crippen LogP contribution in [0, 0.1) is 10.1 Å². The summed E-state index contributed by atoms with van der Waals surface area (Å²) in [6.45, 7) is 0. The third-order valence-corrected chi connectivity index (χ3v) is 4.05. The Kier molecular flexibility index (Phi) is 6.03. The van der Waals surface area contributed by atoms with Crippen molar-refractivity contribution in [2.75, 3.05) is 19.5 Å². The number of ether oxygens (including phenoxy) is 2. The average Bonchev–Trinajstić information content (AvgIpc) is 3.21. The van der Waals surface area contributed by atoms with Crippen LogP contribution in [0.1, 0.15) is 12.3 Å². The molecule has 0 aliphatic carbocycles. The zero-order valence-electron chi connectivity index (χ0n) is 15.7. The Bertz CT molecular complexity index is 1020. The van der Waals surface area contributed by atoms with Gasteiger partial charge in [0.1, 0.15) is 11.5 Å². The molecule has 0 fully saturated rings. The molecule has 0 saturated carbocycles. The third kappa shape index (κ3) is 4.86. The zero-order valence-corrected chi connectivity index (χ0v) is 15.7. The van der Waals surface area contributed by atoms with Gasteiger partial charge in [0.05, 0.1) is 24.8 Å². The Morgan fingerprint density at radius 1 is 1.17 bits per heavy atom. The van der Waals surface area contributed by atoms with E-state index in [0.29, 0.717) is 23.2 Å². The van der Waals surface area contributed by atoms with Gasteiger partial charge >= 0.3 is 0 Å². The number of aryl methyl sites for hydroxylation is 1. The standard InChI is InChI=1S/C19H18N4O6/c1-27-14-6-3-12(4-7-14)19-21-18(29-22-19)10-9-17(24)20-15-11-13(23(25)26)5-8-16(15)28-2/h3-8,11H,9-10H2,1-2H3,(H,20,24). The molecule has 1 aromatic heterocycles. The average molecular weight is 398 g/mol. The normalized spacial score (nSPS) is 10.4. The van der Waals surface area contributed by atoms with Crippen LogP contribution in [-0.4, -0.2) is 35.2 Å². The van der Waals surface area contributed by atoms with E-state index in [0.717, 1.165) is 5.56 Å². The number of nitro benzene ring substituents is 1. The van der Waals surface area contributed by atoms with E-state index >= 15 is 0 Å². The van der Waals surface area contributed by atoms with Crippen LogP contribution in [0.4, 0.5) is 11.4 Å². The molecule has 1 N–H and O–H groups in total.